The molecular weight excluding hydrogens is 356 g/mol. The molecule has 1 saturated heterocycles. The maximum atomic E-state index is 12.5. The summed E-state index contributed by atoms with van der Waals surface area (Å²) in [6.45, 7) is 3.59. The number of rotatable bonds is 5. The fraction of sp³-hybridized carbons (Fsp3) is 0.368. The van der Waals surface area contributed by atoms with Gasteiger partial charge in [-0.1, -0.05) is 23.7 Å². The first-order chi connectivity index (χ1) is 12.0. The number of aryl methyl sites for hydroxylation is 1. The SMILES string of the molecule is Cc1ccc(CNC(=O)[C@@H]2CCC(=O)N(Cc3ccc(Cl)cc3)C2)s1. The maximum absolute atomic E-state index is 12.5. The van der Waals surface area contributed by atoms with Crippen molar-refractivity contribution in [3.8, 4) is 0 Å². The third kappa shape index (κ3) is 4.83. The van der Waals surface area contributed by atoms with Crippen molar-refractivity contribution in [3.05, 3.63) is 56.7 Å². The lowest BCUT2D eigenvalue weighted by Crippen LogP contribution is -2.45. The van der Waals surface area contributed by atoms with Gasteiger partial charge in [-0.3, -0.25) is 9.59 Å². The van der Waals surface area contributed by atoms with Crippen molar-refractivity contribution in [2.75, 3.05) is 6.54 Å². The van der Waals surface area contributed by atoms with Crippen molar-refractivity contribution >= 4 is 34.8 Å². The fourth-order valence-corrected chi connectivity index (χ4v) is 3.95. The van der Waals surface area contributed by atoms with Crippen LogP contribution in [0.3, 0.4) is 0 Å². The van der Waals surface area contributed by atoms with Crippen LogP contribution in [0, 0.1) is 12.8 Å². The van der Waals surface area contributed by atoms with Crippen LogP contribution in [0.5, 0.6) is 0 Å². The molecule has 3 rings (SSSR count). The molecule has 1 aromatic carbocycles. The number of amides is 2. The highest BCUT2D eigenvalue weighted by molar-refractivity contribution is 7.11. The molecular formula is C19H21ClN2O2S. The van der Waals surface area contributed by atoms with Crippen LogP contribution in [0.4, 0.5) is 0 Å². The van der Waals surface area contributed by atoms with Gasteiger partial charge in [-0.2, -0.15) is 0 Å². The number of nitrogens with one attached hydrogen (secondary N) is 1. The second kappa shape index (κ2) is 8.02. The van der Waals surface area contributed by atoms with Crippen LogP contribution in [0.25, 0.3) is 0 Å². The summed E-state index contributed by atoms with van der Waals surface area (Å²) in [5.41, 5.74) is 1.02. The summed E-state index contributed by atoms with van der Waals surface area (Å²) in [6, 6.07) is 11.6. The molecule has 6 heteroatoms. The lowest BCUT2D eigenvalue weighted by molar-refractivity contribution is -0.138. The van der Waals surface area contributed by atoms with Gasteiger partial charge < -0.3 is 10.2 Å². The third-order valence-electron chi connectivity index (χ3n) is 4.39. The van der Waals surface area contributed by atoms with E-state index in [1.807, 2.05) is 30.3 Å². The molecule has 1 atom stereocenters. The summed E-state index contributed by atoms with van der Waals surface area (Å²) in [4.78, 5) is 28.8. The molecule has 1 fully saturated rings. The topological polar surface area (TPSA) is 49.4 Å². The molecule has 2 aromatic rings. The Hall–Kier alpha value is -1.85. The Morgan fingerprint density at radius 3 is 2.72 bits per heavy atom. The first kappa shape index (κ1) is 18.0. The molecule has 2 amide bonds. The van der Waals surface area contributed by atoms with E-state index in [9.17, 15) is 9.59 Å². The fourth-order valence-electron chi connectivity index (χ4n) is 2.99. The molecule has 0 saturated carbocycles. The van der Waals surface area contributed by atoms with Gasteiger partial charge in [0.1, 0.15) is 0 Å². The molecule has 1 aromatic heterocycles. The number of hydrogen-bond donors (Lipinski definition) is 1. The molecule has 0 aliphatic carbocycles. The van der Waals surface area contributed by atoms with Crippen molar-refractivity contribution < 1.29 is 9.59 Å². The number of carbonyl (C=O) groups is 2. The summed E-state index contributed by atoms with van der Waals surface area (Å²) in [5.74, 6) is -0.0152. The normalized spacial score (nSPS) is 17.6. The van der Waals surface area contributed by atoms with Gasteiger partial charge in [0, 0.05) is 34.3 Å². The Morgan fingerprint density at radius 2 is 2.04 bits per heavy atom. The molecule has 1 N–H and O–H groups in total. The Bertz CT molecular complexity index is 757. The summed E-state index contributed by atoms with van der Waals surface area (Å²) in [6.07, 6.45) is 1.04. The third-order valence-corrected chi connectivity index (χ3v) is 5.64. The number of nitrogens with zero attached hydrogens (tertiary/aromatic N) is 1. The van der Waals surface area contributed by atoms with Gasteiger partial charge in [-0.15, -0.1) is 11.3 Å². The zero-order valence-corrected chi connectivity index (χ0v) is 15.7. The molecule has 4 nitrogen and oxygen atoms in total. The van der Waals surface area contributed by atoms with E-state index < -0.39 is 0 Å². The summed E-state index contributed by atoms with van der Waals surface area (Å²) in [5, 5.41) is 3.68. The summed E-state index contributed by atoms with van der Waals surface area (Å²) >= 11 is 7.59. The lowest BCUT2D eigenvalue weighted by atomic mass is 9.96. The predicted molar refractivity (Wildman–Crippen MR) is 100 cm³/mol. The number of hydrogen-bond acceptors (Lipinski definition) is 3. The highest BCUT2D eigenvalue weighted by atomic mass is 35.5. The summed E-state index contributed by atoms with van der Waals surface area (Å²) < 4.78 is 0. The average molecular weight is 377 g/mol. The zero-order chi connectivity index (χ0) is 17.8. The number of halogens is 1. The Labute approximate surface area is 156 Å². The van der Waals surface area contributed by atoms with Crippen LogP contribution in [0.1, 0.15) is 28.2 Å². The van der Waals surface area contributed by atoms with E-state index in [0.29, 0.717) is 37.5 Å². The average Bonchev–Trinajstić information content (AvgIpc) is 3.02. The van der Waals surface area contributed by atoms with Crippen molar-refractivity contribution in [1.82, 2.24) is 10.2 Å². The van der Waals surface area contributed by atoms with Gasteiger partial charge in [0.05, 0.1) is 12.5 Å². The van der Waals surface area contributed by atoms with Gasteiger partial charge in [0.25, 0.3) is 0 Å². The van der Waals surface area contributed by atoms with Crippen LogP contribution in [-0.4, -0.2) is 23.3 Å². The molecule has 1 aliphatic heterocycles. The summed E-state index contributed by atoms with van der Waals surface area (Å²) in [7, 11) is 0. The first-order valence-electron chi connectivity index (χ1n) is 8.36. The van der Waals surface area contributed by atoms with Gasteiger partial charge in [-0.05, 0) is 43.2 Å². The molecule has 132 valence electrons. The van der Waals surface area contributed by atoms with Crippen LogP contribution in [-0.2, 0) is 22.7 Å². The molecule has 0 radical (unpaired) electrons. The van der Waals surface area contributed by atoms with Crippen molar-refractivity contribution in [2.45, 2.75) is 32.9 Å². The molecule has 1 aliphatic rings. The number of carbonyl (C=O) groups excluding carboxylic acids is 2. The number of thiophene rings is 1. The molecule has 0 bridgehead atoms. The van der Waals surface area contributed by atoms with E-state index in [1.165, 1.54) is 4.88 Å². The largest absolute Gasteiger partial charge is 0.351 e. The molecule has 0 spiro atoms. The standard InChI is InChI=1S/C19H21ClN2O2S/c1-13-2-8-17(25-13)10-21-19(24)15-5-9-18(23)22(12-15)11-14-3-6-16(20)7-4-14/h2-4,6-8,15H,5,9-12H2,1H3,(H,21,24)/t15-/m1/s1. The van der Waals surface area contributed by atoms with Crippen LogP contribution < -0.4 is 5.32 Å². The predicted octanol–water partition coefficient (Wildman–Crippen LogP) is 3.76. The zero-order valence-electron chi connectivity index (χ0n) is 14.1. The Kier molecular flexibility index (Phi) is 5.76. The highest BCUT2D eigenvalue weighted by Crippen LogP contribution is 2.21. The molecule has 2 heterocycles. The van der Waals surface area contributed by atoms with Gasteiger partial charge >= 0.3 is 0 Å². The smallest absolute Gasteiger partial charge is 0.225 e. The van der Waals surface area contributed by atoms with E-state index in [-0.39, 0.29) is 17.7 Å². The van der Waals surface area contributed by atoms with E-state index >= 15 is 0 Å². The van der Waals surface area contributed by atoms with E-state index in [1.54, 1.807) is 16.2 Å². The Balaban J connectivity index is 1.56. The second-order valence-corrected chi connectivity index (χ2v) is 8.18. The lowest BCUT2D eigenvalue weighted by Gasteiger charge is -2.32. The van der Waals surface area contributed by atoms with Gasteiger partial charge in [0.2, 0.25) is 11.8 Å². The van der Waals surface area contributed by atoms with Gasteiger partial charge in [0.15, 0.2) is 0 Å². The quantitative estimate of drug-likeness (QED) is 0.863. The van der Waals surface area contributed by atoms with Crippen molar-refractivity contribution in [1.29, 1.82) is 0 Å². The molecule has 0 unspecified atom stereocenters. The monoisotopic (exact) mass is 376 g/mol. The van der Waals surface area contributed by atoms with Crippen molar-refractivity contribution in [2.24, 2.45) is 5.92 Å². The number of benzene rings is 1. The number of piperidine rings is 1. The first-order valence-corrected chi connectivity index (χ1v) is 9.56. The van der Waals surface area contributed by atoms with E-state index in [4.69, 9.17) is 11.6 Å². The van der Waals surface area contributed by atoms with Crippen molar-refractivity contribution in [3.63, 3.8) is 0 Å². The van der Waals surface area contributed by atoms with E-state index in [2.05, 4.69) is 18.3 Å². The second-order valence-electron chi connectivity index (χ2n) is 6.37. The van der Waals surface area contributed by atoms with Crippen LogP contribution in [0.2, 0.25) is 5.02 Å². The minimum Gasteiger partial charge on any atom is -0.351 e. The van der Waals surface area contributed by atoms with E-state index in [0.717, 1.165) is 10.4 Å². The minimum absolute atomic E-state index is 0.0275. The highest BCUT2D eigenvalue weighted by Gasteiger charge is 2.30. The Morgan fingerprint density at radius 1 is 1.28 bits per heavy atom. The minimum atomic E-state index is -0.147. The molecule has 25 heavy (non-hydrogen) atoms. The maximum Gasteiger partial charge on any atom is 0.225 e. The van der Waals surface area contributed by atoms with Crippen LogP contribution in [0.15, 0.2) is 36.4 Å². The van der Waals surface area contributed by atoms with Gasteiger partial charge in [-0.25, -0.2) is 0 Å². The number of likely N-dealkylation sites (tertiary alicyclic amines) is 1. The van der Waals surface area contributed by atoms with Crippen LogP contribution >= 0.6 is 22.9 Å².